The van der Waals surface area contributed by atoms with E-state index in [-0.39, 0.29) is 16.0 Å². The summed E-state index contributed by atoms with van der Waals surface area (Å²) in [4.78, 5) is 22.5. The summed E-state index contributed by atoms with van der Waals surface area (Å²) < 4.78 is 103. The number of hydrogen-bond donors (Lipinski definition) is 2. The molecule has 0 saturated heterocycles. The van der Waals surface area contributed by atoms with E-state index >= 15 is 0 Å². The van der Waals surface area contributed by atoms with Crippen LogP contribution in [0.4, 0.5) is 46.5 Å². The van der Waals surface area contributed by atoms with Crippen molar-refractivity contribution >= 4 is 77.6 Å². The SMILES string of the molecule is CCl.Cn1cc(C(=O)Cl)c(C(F)(F)F)n1.Cn1cc(C(=O)Nc2ccc(F)cc2Br)c(C(F)(F)F)n1.Nc1ccc(F)cc1Br. The number of aryl methyl sites for hydroxylation is 2. The van der Waals surface area contributed by atoms with Gasteiger partial charge in [-0.25, -0.2) is 8.78 Å². The molecule has 8 nitrogen and oxygen atoms in total. The molecule has 0 spiro atoms. The Morgan fingerprint density at radius 3 is 1.60 bits per heavy atom. The smallest absolute Gasteiger partial charge is 0.398 e. The van der Waals surface area contributed by atoms with Crippen molar-refractivity contribution in [3.8, 4) is 0 Å². The molecule has 1 amide bonds. The molecule has 4 aromatic rings. The second-order valence-electron chi connectivity index (χ2n) is 8.14. The van der Waals surface area contributed by atoms with Crippen LogP contribution >= 0.6 is 55.1 Å². The van der Waals surface area contributed by atoms with E-state index in [1.807, 2.05) is 0 Å². The molecule has 0 unspecified atom stereocenters. The molecule has 0 aliphatic carbocycles. The van der Waals surface area contributed by atoms with Gasteiger partial charge in [-0.2, -0.15) is 36.5 Å². The Morgan fingerprint density at radius 1 is 0.800 bits per heavy atom. The zero-order valence-corrected chi connectivity index (χ0v) is 27.5. The van der Waals surface area contributed by atoms with E-state index in [1.165, 1.54) is 44.7 Å². The van der Waals surface area contributed by atoms with Gasteiger partial charge in [0, 0.05) is 47.5 Å². The van der Waals surface area contributed by atoms with E-state index in [0.717, 1.165) is 33.9 Å². The van der Waals surface area contributed by atoms with Crippen molar-refractivity contribution in [2.75, 3.05) is 17.4 Å². The number of hydrogen-bond acceptors (Lipinski definition) is 5. The molecular weight excluding hydrogens is 799 g/mol. The van der Waals surface area contributed by atoms with Crippen LogP contribution in [-0.2, 0) is 26.4 Å². The van der Waals surface area contributed by atoms with Crippen LogP contribution in [0.3, 0.4) is 0 Å². The van der Waals surface area contributed by atoms with Crippen LogP contribution in [0.25, 0.3) is 0 Å². The summed E-state index contributed by atoms with van der Waals surface area (Å²) in [7, 11) is 2.55. The summed E-state index contributed by atoms with van der Waals surface area (Å²) in [6, 6.07) is 7.56. The van der Waals surface area contributed by atoms with E-state index in [1.54, 1.807) is 0 Å². The summed E-state index contributed by atoms with van der Waals surface area (Å²) in [5, 5.41) is 7.44. The van der Waals surface area contributed by atoms with E-state index in [4.69, 9.17) is 17.3 Å². The average molecular weight is 819 g/mol. The third kappa shape index (κ3) is 12.2. The van der Waals surface area contributed by atoms with Gasteiger partial charge in [-0.15, -0.1) is 11.6 Å². The Balaban J connectivity index is 0.000000359. The Morgan fingerprint density at radius 2 is 1.22 bits per heavy atom. The van der Waals surface area contributed by atoms with Gasteiger partial charge in [0.2, 0.25) is 0 Å². The third-order valence-electron chi connectivity index (χ3n) is 4.79. The van der Waals surface area contributed by atoms with Gasteiger partial charge in [0.15, 0.2) is 11.4 Å². The van der Waals surface area contributed by atoms with Crippen molar-refractivity contribution in [1.82, 2.24) is 19.6 Å². The molecule has 20 heteroatoms. The molecule has 246 valence electrons. The van der Waals surface area contributed by atoms with Crippen LogP contribution in [0.2, 0.25) is 0 Å². The van der Waals surface area contributed by atoms with Crippen molar-refractivity contribution in [3.05, 3.63) is 91.9 Å². The monoisotopic (exact) mass is 816 g/mol. The first-order valence-corrected chi connectivity index (χ1v) is 14.2. The van der Waals surface area contributed by atoms with Gasteiger partial charge in [0.1, 0.15) is 11.6 Å². The zero-order valence-electron chi connectivity index (χ0n) is 22.8. The second kappa shape index (κ2) is 16.9. The molecule has 4 rings (SSSR count). The van der Waals surface area contributed by atoms with Gasteiger partial charge in [0.05, 0.1) is 16.8 Å². The number of nitrogens with zero attached hydrogens (tertiary/aromatic N) is 4. The van der Waals surface area contributed by atoms with Gasteiger partial charge in [-0.05, 0) is 79.9 Å². The Bertz CT molecular complexity index is 1630. The Kier molecular flexibility index (Phi) is 15.0. The van der Waals surface area contributed by atoms with Crippen LogP contribution in [0.15, 0.2) is 57.7 Å². The highest BCUT2D eigenvalue weighted by Crippen LogP contribution is 2.32. The minimum absolute atomic E-state index is 0.151. The molecule has 2 aromatic heterocycles. The fourth-order valence-electron chi connectivity index (χ4n) is 2.99. The highest BCUT2D eigenvalue weighted by molar-refractivity contribution is 9.11. The summed E-state index contributed by atoms with van der Waals surface area (Å²) in [5.74, 6) is -1.81. The lowest BCUT2D eigenvalue weighted by Gasteiger charge is -2.08. The summed E-state index contributed by atoms with van der Waals surface area (Å²) in [6.07, 6.45) is -6.02. The van der Waals surface area contributed by atoms with E-state index < -0.39 is 51.8 Å². The summed E-state index contributed by atoms with van der Waals surface area (Å²) in [5.41, 5.74) is 2.31. The molecule has 0 saturated carbocycles. The van der Waals surface area contributed by atoms with Crippen molar-refractivity contribution in [2.24, 2.45) is 14.1 Å². The minimum atomic E-state index is -4.74. The van der Waals surface area contributed by atoms with E-state index in [2.05, 4.69) is 59.0 Å². The molecule has 0 atom stereocenters. The lowest BCUT2D eigenvalue weighted by molar-refractivity contribution is -0.142. The number of amides is 1. The first-order chi connectivity index (χ1) is 20.7. The van der Waals surface area contributed by atoms with Crippen molar-refractivity contribution in [2.45, 2.75) is 12.4 Å². The zero-order chi connectivity index (χ0) is 34.9. The Hall–Kier alpha value is -3.22. The molecule has 0 radical (unpaired) electrons. The number of benzene rings is 2. The van der Waals surface area contributed by atoms with Gasteiger partial charge >= 0.3 is 12.4 Å². The van der Waals surface area contributed by atoms with Crippen LogP contribution in [0.1, 0.15) is 32.1 Å². The van der Waals surface area contributed by atoms with Crippen molar-refractivity contribution in [3.63, 3.8) is 0 Å². The normalized spacial score (nSPS) is 10.8. The van der Waals surface area contributed by atoms with Crippen LogP contribution in [-0.4, -0.2) is 37.1 Å². The number of alkyl halides is 7. The quantitative estimate of drug-likeness (QED) is 0.0935. The predicted octanol–water partition coefficient (Wildman–Crippen LogP) is 8.44. The molecule has 45 heavy (non-hydrogen) atoms. The highest BCUT2D eigenvalue weighted by Gasteiger charge is 2.39. The third-order valence-corrected chi connectivity index (χ3v) is 6.34. The molecular formula is C25H20Br2Cl2F8N6O2. The van der Waals surface area contributed by atoms with Gasteiger partial charge < -0.3 is 11.1 Å². The standard InChI is InChI=1S/C12H8BrF4N3O.C6H5BrFN.C6H4ClF3N2O.CH3Cl/c1-20-5-7(10(19-20)12(15,16)17)11(21)18-9-3-2-6(14)4-8(9)13;7-5-3-4(8)1-2-6(5)9;1-12-2-3(5(7)13)4(11-12)6(8,9)10;1-2/h2-5H,1H3,(H,18,21);1-3H,9H2;2H,1H3;1H3. The topological polar surface area (TPSA) is 108 Å². The largest absolute Gasteiger partial charge is 0.435 e. The fourth-order valence-corrected chi connectivity index (χ4v) is 3.93. The number of halogens is 12. The fraction of sp³-hybridized carbons (Fsp3) is 0.200. The van der Waals surface area contributed by atoms with Crippen molar-refractivity contribution in [1.29, 1.82) is 0 Å². The Labute approximate surface area is 276 Å². The molecule has 0 aliphatic heterocycles. The maximum absolute atomic E-state index is 12.9. The summed E-state index contributed by atoms with van der Waals surface area (Å²) >= 11 is 15.7. The molecule has 2 aromatic carbocycles. The molecule has 2 heterocycles. The number of nitrogens with one attached hydrogen (secondary N) is 1. The van der Waals surface area contributed by atoms with E-state index in [0.29, 0.717) is 10.2 Å². The molecule has 3 N–H and O–H groups in total. The molecule has 0 fully saturated rings. The van der Waals surface area contributed by atoms with Gasteiger partial charge in [0.25, 0.3) is 11.1 Å². The maximum atomic E-state index is 12.9. The van der Waals surface area contributed by atoms with Crippen molar-refractivity contribution < 1.29 is 44.7 Å². The number of anilines is 2. The average Bonchev–Trinajstić information content (AvgIpc) is 3.53. The highest BCUT2D eigenvalue weighted by atomic mass is 79.9. The lowest BCUT2D eigenvalue weighted by Crippen LogP contribution is -2.18. The van der Waals surface area contributed by atoms with Gasteiger partial charge in [-0.1, -0.05) is 0 Å². The minimum Gasteiger partial charge on any atom is -0.398 e. The van der Waals surface area contributed by atoms with Crippen LogP contribution < -0.4 is 11.1 Å². The number of nitrogen functional groups attached to an aromatic ring is 1. The first kappa shape index (κ1) is 39.8. The second-order valence-corrected chi connectivity index (χ2v) is 10.2. The number of rotatable bonds is 3. The van der Waals surface area contributed by atoms with E-state index in [9.17, 15) is 44.7 Å². The summed E-state index contributed by atoms with van der Waals surface area (Å²) in [6.45, 7) is 0. The number of aromatic nitrogens is 4. The molecule has 0 aliphatic rings. The number of carbonyl (C=O) groups excluding carboxylic acids is 2. The predicted molar refractivity (Wildman–Crippen MR) is 159 cm³/mol. The van der Waals surface area contributed by atoms with Crippen LogP contribution in [0, 0.1) is 11.6 Å². The number of carbonyl (C=O) groups is 2. The van der Waals surface area contributed by atoms with Gasteiger partial charge in [-0.3, -0.25) is 19.0 Å². The van der Waals surface area contributed by atoms with Crippen LogP contribution in [0.5, 0.6) is 0 Å². The molecule has 0 bridgehead atoms. The maximum Gasteiger partial charge on any atom is 0.435 e. The first-order valence-electron chi connectivity index (χ1n) is 11.5. The lowest BCUT2D eigenvalue weighted by atomic mass is 10.2. The number of nitrogens with two attached hydrogens (primary N) is 1.